The molecule has 1 N–H and O–H groups in total. The Morgan fingerprint density at radius 3 is 2.19 bits per heavy atom. The van der Waals surface area contributed by atoms with Gasteiger partial charge in [0.25, 0.3) is 0 Å². The molecule has 6 rings (SSSR count). The molecule has 6 aliphatic carbocycles. The van der Waals surface area contributed by atoms with E-state index in [2.05, 4.69) is 67.6 Å². The Hall–Kier alpha value is -1.65. The summed E-state index contributed by atoms with van der Waals surface area (Å²) in [6, 6.07) is 0. The maximum absolute atomic E-state index is 14.5. The van der Waals surface area contributed by atoms with Gasteiger partial charge in [0.1, 0.15) is 11.9 Å². The zero-order valence-corrected chi connectivity index (χ0v) is 28.9. The molecule has 1 unspecified atom stereocenters. The summed E-state index contributed by atoms with van der Waals surface area (Å²) in [5.74, 6) is 1.91. The molecule has 0 spiro atoms. The van der Waals surface area contributed by atoms with Crippen molar-refractivity contribution in [3.05, 3.63) is 11.1 Å². The highest BCUT2D eigenvalue weighted by molar-refractivity contribution is 6.00. The van der Waals surface area contributed by atoms with Gasteiger partial charge in [-0.2, -0.15) is 0 Å². The van der Waals surface area contributed by atoms with E-state index in [1.54, 1.807) is 6.92 Å². The number of hydrogen-bond acceptors (Lipinski definition) is 4. The van der Waals surface area contributed by atoms with Gasteiger partial charge < -0.3 is 10.1 Å². The lowest BCUT2D eigenvalue weighted by Gasteiger charge is -2.70. The molecule has 0 aromatic rings. The van der Waals surface area contributed by atoms with Crippen molar-refractivity contribution >= 4 is 17.7 Å². The number of hydrogen-bond donors (Lipinski definition) is 1. The number of esters is 1. The van der Waals surface area contributed by atoms with Gasteiger partial charge in [-0.25, -0.2) is 0 Å². The molecule has 5 fully saturated rings. The monoisotopic (exact) mass is 593 g/mol. The van der Waals surface area contributed by atoms with E-state index in [1.165, 1.54) is 24.0 Å². The zero-order valence-electron chi connectivity index (χ0n) is 28.9. The van der Waals surface area contributed by atoms with Crippen molar-refractivity contribution in [3.8, 4) is 0 Å². The van der Waals surface area contributed by atoms with Crippen LogP contribution in [0.15, 0.2) is 11.1 Å². The van der Waals surface area contributed by atoms with Crippen LogP contribution in [0.3, 0.4) is 0 Å². The fourth-order valence-electron chi connectivity index (χ4n) is 12.5. The van der Waals surface area contributed by atoms with Crippen molar-refractivity contribution in [2.45, 2.75) is 152 Å². The molecule has 6 aliphatic rings. The Morgan fingerprint density at radius 2 is 1.58 bits per heavy atom. The van der Waals surface area contributed by atoms with Gasteiger partial charge in [0.2, 0.25) is 5.91 Å². The van der Waals surface area contributed by atoms with Gasteiger partial charge in [0.05, 0.1) is 5.41 Å². The molecule has 43 heavy (non-hydrogen) atoms. The van der Waals surface area contributed by atoms with Crippen LogP contribution in [0.25, 0.3) is 0 Å². The highest BCUT2D eigenvalue weighted by atomic mass is 16.5. The topological polar surface area (TPSA) is 72.5 Å². The minimum Gasteiger partial charge on any atom is -0.462 e. The largest absolute Gasteiger partial charge is 0.462 e. The number of carbonyl (C=O) groups is 3. The molecule has 240 valence electrons. The third-order valence-electron chi connectivity index (χ3n) is 15.1. The molecule has 5 heteroatoms. The summed E-state index contributed by atoms with van der Waals surface area (Å²) in [4.78, 5) is 40.4. The summed E-state index contributed by atoms with van der Waals surface area (Å²) in [5, 5.41) is 3.51. The zero-order chi connectivity index (χ0) is 31.5. The van der Waals surface area contributed by atoms with Gasteiger partial charge in [-0.15, -0.1) is 0 Å². The Bertz CT molecular complexity index is 1260. The van der Waals surface area contributed by atoms with E-state index in [9.17, 15) is 14.4 Å². The molecular weight excluding hydrogens is 534 g/mol. The standard InChI is InChI=1S/C38H59NO4/c1-22(2)30-26(41)21-38(32(42)39-34(6,7)24-11-12-24)20-19-36(9)25(31(30)38)13-14-28-35(8)17-16-29(43-23(3)40)33(4,5)27(35)15-18-37(28,36)10/h22,24,27-30H,11-21H2,1-10H3,(H,39,42)/t27-,28+,29-,30?,35-,36+,37+,38+/m0/s1. The van der Waals surface area contributed by atoms with Crippen LogP contribution in [0.2, 0.25) is 0 Å². The number of allylic oxidation sites excluding steroid dienone is 1. The first-order valence-electron chi connectivity index (χ1n) is 17.6. The lowest BCUT2D eigenvalue weighted by atomic mass is 9.34. The second-order valence-electron chi connectivity index (χ2n) is 18.2. The number of amides is 1. The molecule has 1 amide bonds. The molecule has 0 radical (unpaired) electrons. The van der Waals surface area contributed by atoms with Crippen LogP contribution in [-0.2, 0) is 19.1 Å². The molecule has 5 saturated carbocycles. The second-order valence-corrected chi connectivity index (χ2v) is 18.2. The fraction of sp³-hybridized carbons (Fsp3) is 0.868. The Kier molecular flexibility index (Phi) is 7.05. The van der Waals surface area contributed by atoms with Gasteiger partial charge in [-0.1, -0.05) is 54.0 Å². The smallest absolute Gasteiger partial charge is 0.302 e. The van der Waals surface area contributed by atoms with Gasteiger partial charge in [0.15, 0.2) is 0 Å². The maximum atomic E-state index is 14.5. The van der Waals surface area contributed by atoms with E-state index in [4.69, 9.17) is 4.74 Å². The Morgan fingerprint density at radius 1 is 0.907 bits per heavy atom. The van der Waals surface area contributed by atoms with E-state index < -0.39 is 5.41 Å². The van der Waals surface area contributed by atoms with Crippen molar-refractivity contribution in [2.75, 3.05) is 0 Å². The number of nitrogens with one attached hydrogen (secondary N) is 1. The SMILES string of the molecule is CC(=O)O[C@H]1CC[C@]2(C)[C@H]3CCC4=C5C(C(C)C)C(=O)C[C@]5(C(=O)NC(C)(C)C5CC5)CC[C@@]4(C)[C@]3(C)CC[C@H]2C1(C)C. The minimum absolute atomic E-state index is 0.0192. The summed E-state index contributed by atoms with van der Waals surface area (Å²) in [5.41, 5.74) is 2.02. The molecule has 5 nitrogen and oxygen atoms in total. The summed E-state index contributed by atoms with van der Waals surface area (Å²) < 4.78 is 5.93. The van der Waals surface area contributed by atoms with Crippen LogP contribution in [-0.4, -0.2) is 29.3 Å². The number of rotatable bonds is 5. The number of ketones is 1. The molecule has 0 saturated heterocycles. The number of fused-ring (bicyclic) bond motifs is 6. The molecule has 0 aliphatic heterocycles. The van der Waals surface area contributed by atoms with E-state index in [-0.39, 0.29) is 62.8 Å². The van der Waals surface area contributed by atoms with Gasteiger partial charge in [0, 0.05) is 30.2 Å². The first-order chi connectivity index (χ1) is 19.8. The van der Waals surface area contributed by atoms with Crippen LogP contribution in [0.1, 0.15) is 140 Å². The first kappa shape index (κ1) is 31.3. The second kappa shape index (κ2) is 9.68. The van der Waals surface area contributed by atoms with E-state index >= 15 is 0 Å². The van der Waals surface area contributed by atoms with Crippen LogP contribution in [0.5, 0.6) is 0 Å². The van der Waals surface area contributed by atoms with Crippen LogP contribution in [0, 0.1) is 56.7 Å². The highest BCUT2D eigenvalue weighted by Crippen LogP contribution is 2.76. The van der Waals surface area contributed by atoms with Crippen molar-refractivity contribution in [2.24, 2.45) is 56.7 Å². The lowest BCUT2D eigenvalue weighted by Crippen LogP contribution is -2.64. The summed E-state index contributed by atoms with van der Waals surface area (Å²) in [7, 11) is 0. The van der Waals surface area contributed by atoms with Crippen LogP contribution in [0.4, 0.5) is 0 Å². The molecule has 8 atom stereocenters. The number of Topliss-reactive ketones (excluding diaryl/α,β-unsaturated/α-hetero) is 1. The minimum atomic E-state index is -0.679. The van der Waals surface area contributed by atoms with Crippen molar-refractivity contribution in [3.63, 3.8) is 0 Å². The summed E-state index contributed by atoms with van der Waals surface area (Å²) in [6.07, 6.45) is 10.9. The van der Waals surface area contributed by atoms with Gasteiger partial charge in [-0.3, -0.25) is 14.4 Å². The molecule has 0 heterocycles. The van der Waals surface area contributed by atoms with Crippen molar-refractivity contribution in [1.29, 1.82) is 0 Å². The van der Waals surface area contributed by atoms with Gasteiger partial charge >= 0.3 is 5.97 Å². The molecule has 0 aromatic carbocycles. The Balaban J connectivity index is 1.41. The van der Waals surface area contributed by atoms with Crippen LogP contribution < -0.4 is 5.32 Å². The lowest BCUT2D eigenvalue weighted by molar-refractivity contribution is -0.213. The van der Waals surface area contributed by atoms with E-state index in [0.717, 1.165) is 51.4 Å². The van der Waals surface area contributed by atoms with E-state index in [1.807, 2.05) is 0 Å². The molecular formula is C38H59NO4. The fourth-order valence-corrected chi connectivity index (χ4v) is 12.5. The summed E-state index contributed by atoms with van der Waals surface area (Å²) >= 11 is 0. The number of ether oxygens (including phenoxy) is 1. The predicted octanol–water partition coefficient (Wildman–Crippen LogP) is 8.20. The third-order valence-corrected chi connectivity index (χ3v) is 15.1. The third kappa shape index (κ3) is 4.24. The van der Waals surface area contributed by atoms with Crippen molar-refractivity contribution < 1.29 is 19.1 Å². The maximum Gasteiger partial charge on any atom is 0.302 e. The quantitative estimate of drug-likeness (QED) is 0.258. The number of carbonyl (C=O) groups excluding carboxylic acids is 3. The normalized spacial score (nSPS) is 43.8. The predicted molar refractivity (Wildman–Crippen MR) is 170 cm³/mol. The molecule has 0 aromatic heterocycles. The van der Waals surface area contributed by atoms with Crippen molar-refractivity contribution in [1.82, 2.24) is 5.32 Å². The average Bonchev–Trinajstić information content (AvgIpc) is 3.69. The Labute approximate surface area is 261 Å². The average molecular weight is 594 g/mol. The van der Waals surface area contributed by atoms with Crippen LogP contribution >= 0.6 is 0 Å². The summed E-state index contributed by atoms with van der Waals surface area (Å²) in [6.45, 7) is 22.6. The molecule has 0 bridgehead atoms. The highest BCUT2D eigenvalue weighted by Gasteiger charge is 2.70. The van der Waals surface area contributed by atoms with Gasteiger partial charge in [-0.05, 0) is 124 Å². The first-order valence-corrected chi connectivity index (χ1v) is 17.6. The van der Waals surface area contributed by atoms with E-state index in [0.29, 0.717) is 24.2 Å².